The van der Waals surface area contributed by atoms with Gasteiger partial charge in [-0.25, -0.2) is 8.78 Å². The van der Waals surface area contributed by atoms with E-state index in [2.05, 4.69) is 10.6 Å². The molecule has 0 bridgehead atoms. The van der Waals surface area contributed by atoms with Gasteiger partial charge >= 0.3 is 0 Å². The van der Waals surface area contributed by atoms with E-state index < -0.39 is 30.8 Å². The summed E-state index contributed by atoms with van der Waals surface area (Å²) in [5.74, 6) is -3.39. The van der Waals surface area contributed by atoms with Crippen LogP contribution in [-0.4, -0.2) is 30.2 Å². The number of halogens is 2. The lowest BCUT2D eigenvalue weighted by molar-refractivity contribution is -0.118. The number of rotatable bonds is 4. The predicted octanol–water partition coefficient (Wildman–Crippen LogP) is 2.21. The molecule has 108 valence electrons. The minimum atomic E-state index is -2.85. The molecule has 0 aromatic heterocycles. The first-order valence-corrected chi connectivity index (χ1v) is 6.46. The van der Waals surface area contributed by atoms with Crippen molar-refractivity contribution in [3.05, 3.63) is 29.8 Å². The van der Waals surface area contributed by atoms with Crippen LogP contribution in [0.1, 0.15) is 30.1 Å². The van der Waals surface area contributed by atoms with Crippen LogP contribution in [0.5, 0.6) is 0 Å². The van der Waals surface area contributed by atoms with Crippen LogP contribution in [0, 0.1) is 0 Å². The Hall–Kier alpha value is -1.82. The number of hydrogen-bond donors (Lipinski definition) is 2. The molecule has 1 aromatic carbocycles. The number of anilines is 1. The second-order valence-electron chi connectivity index (χ2n) is 4.84. The largest absolute Gasteiger partial charge is 0.325 e. The molecular weight excluding hydrogens is 266 g/mol. The van der Waals surface area contributed by atoms with Crippen molar-refractivity contribution in [2.24, 2.45) is 0 Å². The van der Waals surface area contributed by atoms with Crippen LogP contribution in [0.2, 0.25) is 0 Å². The van der Waals surface area contributed by atoms with Crippen LogP contribution in [0.4, 0.5) is 14.5 Å². The minimum absolute atomic E-state index is 0.0355. The van der Waals surface area contributed by atoms with Gasteiger partial charge in [-0.2, -0.15) is 0 Å². The topological polar surface area (TPSA) is 58.2 Å². The first-order valence-electron chi connectivity index (χ1n) is 6.46. The molecule has 2 rings (SSSR count). The second-order valence-corrected chi connectivity index (χ2v) is 4.84. The molecule has 1 fully saturated rings. The Morgan fingerprint density at radius 3 is 2.80 bits per heavy atom. The summed E-state index contributed by atoms with van der Waals surface area (Å²) in [4.78, 5) is 23.4. The lowest BCUT2D eigenvalue weighted by Crippen LogP contribution is -2.35. The average molecular weight is 282 g/mol. The summed E-state index contributed by atoms with van der Waals surface area (Å²) in [5, 5.41) is 5.04. The molecule has 6 heteroatoms. The Labute approximate surface area is 115 Å². The lowest BCUT2D eigenvalue weighted by atomic mass is 10.1. The van der Waals surface area contributed by atoms with Gasteiger partial charge in [0.05, 0.1) is 12.6 Å². The third-order valence-corrected chi connectivity index (χ3v) is 3.20. The standard InChI is InChI=1S/C14H16F2N2O2/c1-2-12(19)9-4-3-5-10(6-9)18-13(20)11-7-14(15,16)8-17-11/h3-6,11,17H,2,7-8H2,1H3,(H,18,20). The number of Topliss-reactive ketones (excluding diaryl/α,β-unsaturated/α-hetero) is 1. The molecule has 1 atom stereocenters. The van der Waals surface area contributed by atoms with E-state index >= 15 is 0 Å². The molecule has 1 saturated heterocycles. The maximum Gasteiger partial charge on any atom is 0.262 e. The molecule has 0 aliphatic carbocycles. The van der Waals surface area contributed by atoms with E-state index in [1.165, 1.54) is 0 Å². The SMILES string of the molecule is CCC(=O)c1cccc(NC(=O)C2CC(F)(F)CN2)c1. The molecule has 1 unspecified atom stereocenters. The Morgan fingerprint density at radius 1 is 1.45 bits per heavy atom. The molecule has 0 saturated carbocycles. The molecule has 1 aliphatic rings. The van der Waals surface area contributed by atoms with E-state index in [9.17, 15) is 18.4 Å². The molecule has 2 N–H and O–H groups in total. The smallest absolute Gasteiger partial charge is 0.262 e. The van der Waals surface area contributed by atoms with Crippen LogP contribution in [0.25, 0.3) is 0 Å². The molecule has 0 radical (unpaired) electrons. The highest BCUT2D eigenvalue weighted by Crippen LogP contribution is 2.25. The number of ketones is 1. The van der Waals surface area contributed by atoms with Gasteiger partial charge in [0.2, 0.25) is 5.91 Å². The maximum absolute atomic E-state index is 13.0. The van der Waals surface area contributed by atoms with E-state index in [-0.39, 0.29) is 5.78 Å². The Bertz CT molecular complexity index is 532. The quantitative estimate of drug-likeness (QED) is 0.832. The Morgan fingerprint density at radius 2 is 2.20 bits per heavy atom. The first kappa shape index (κ1) is 14.6. The molecule has 20 heavy (non-hydrogen) atoms. The summed E-state index contributed by atoms with van der Waals surface area (Å²) in [6, 6.07) is 5.57. The summed E-state index contributed by atoms with van der Waals surface area (Å²) in [5.41, 5.74) is 0.932. The lowest BCUT2D eigenvalue weighted by Gasteiger charge is -2.11. The highest BCUT2D eigenvalue weighted by Gasteiger charge is 2.42. The summed E-state index contributed by atoms with van der Waals surface area (Å²) >= 11 is 0. The van der Waals surface area contributed by atoms with Gasteiger partial charge < -0.3 is 5.32 Å². The number of nitrogens with one attached hydrogen (secondary N) is 2. The van der Waals surface area contributed by atoms with Gasteiger partial charge in [-0.1, -0.05) is 19.1 Å². The predicted molar refractivity (Wildman–Crippen MR) is 71.0 cm³/mol. The second kappa shape index (κ2) is 5.66. The van der Waals surface area contributed by atoms with E-state index in [0.29, 0.717) is 17.7 Å². The Balaban J connectivity index is 2.03. The zero-order chi connectivity index (χ0) is 14.8. The van der Waals surface area contributed by atoms with Crippen LogP contribution < -0.4 is 10.6 Å². The zero-order valence-corrected chi connectivity index (χ0v) is 11.1. The molecule has 1 heterocycles. The molecule has 1 amide bonds. The summed E-state index contributed by atoms with van der Waals surface area (Å²) in [7, 11) is 0. The number of alkyl halides is 2. The highest BCUT2D eigenvalue weighted by molar-refractivity contribution is 5.99. The van der Waals surface area contributed by atoms with Crippen molar-refractivity contribution in [1.82, 2.24) is 5.32 Å². The van der Waals surface area contributed by atoms with Crippen molar-refractivity contribution in [3.8, 4) is 0 Å². The Kier molecular flexibility index (Phi) is 4.13. The fraction of sp³-hybridized carbons (Fsp3) is 0.429. The van der Waals surface area contributed by atoms with Crippen LogP contribution in [0.3, 0.4) is 0 Å². The highest BCUT2D eigenvalue weighted by atomic mass is 19.3. The number of hydrogen-bond acceptors (Lipinski definition) is 3. The summed E-state index contributed by atoms with van der Waals surface area (Å²) in [6.45, 7) is 1.26. The first-order chi connectivity index (χ1) is 9.41. The monoisotopic (exact) mass is 282 g/mol. The fourth-order valence-electron chi connectivity index (χ4n) is 2.10. The van der Waals surface area contributed by atoms with Gasteiger partial charge in [0.1, 0.15) is 0 Å². The van der Waals surface area contributed by atoms with Gasteiger partial charge in [0.15, 0.2) is 5.78 Å². The van der Waals surface area contributed by atoms with E-state index in [1.54, 1.807) is 31.2 Å². The summed E-state index contributed by atoms with van der Waals surface area (Å²) < 4.78 is 26.0. The molecule has 4 nitrogen and oxygen atoms in total. The number of amides is 1. The van der Waals surface area contributed by atoms with Gasteiger partial charge in [-0.05, 0) is 12.1 Å². The zero-order valence-electron chi connectivity index (χ0n) is 11.1. The molecule has 0 spiro atoms. The van der Waals surface area contributed by atoms with Crippen molar-refractivity contribution < 1.29 is 18.4 Å². The summed E-state index contributed by atoms with van der Waals surface area (Å²) in [6.07, 6.45) is -0.139. The van der Waals surface area contributed by atoms with Crippen LogP contribution in [0.15, 0.2) is 24.3 Å². The number of carbonyl (C=O) groups is 2. The number of benzene rings is 1. The van der Waals surface area contributed by atoms with Crippen molar-refractivity contribution >= 4 is 17.4 Å². The van der Waals surface area contributed by atoms with Gasteiger partial charge in [-0.3, -0.25) is 14.9 Å². The van der Waals surface area contributed by atoms with Crippen molar-refractivity contribution in [2.45, 2.75) is 31.7 Å². The third kappa shape index (κ3) is 3.39. The van der Waals surface area contributed by atoms with Crippen LogP contribution >= 0.6 is 0 Å². The minimum Gasteiger partial charge on any atom is -0.325 e. The number of carbonyl (C=O) groups excluding carboxylic acids is 2. The van der Waals surface area contributed by atoms with E-state index in [0.717, 1.165) is 0 Å². The van der Waals surface area contributed by atoms with Gasteiger partial charge in [-0.15, -0.1) is 0 Å². The van der Waals surface area contributed by atoms with Crippen LogP contribution in [-0.2, 0) is 4.79 Å². The molecular formula is C14H16F2N2O2. The fourth-order valence-corrected chi connectivity index (χ4v) is 2.10. The maximum atomic E-state index is 13.0. The van der Waals surface area contributed by atoms with Crippen molar-refractivity contribution in [2.75, 3.05) is 11.9 Å². The van der Waals surface area contributed by atoms with E-state index in [1.807, 2.05) is 0 Å². The molecule has 1 aliphatic heterocycles. The van der Waals surface area contributed by atoms with Gasteiger partial charge in [0.25, 0.3) is 5.92 Å². The molecule has 1 aromatic rings. The third-order valence-electron chi connectivity index (χ3n) is 3.20. The van der Waals surface area contributed by atoms with E-state index in [4.69, 9.17) is 0 Å². The normalized spacial score (nSPS) is 20.6. The van der Waals surface area contributed by atoms with Gasteiger partial charge in [0, 0.05) is 24.1 Å². The average Bonchev–Trinajstić information content (AvgIpc) is 2.78. The van der Waals surface area contributed by atoms with Crippen molar-refractivity contribution in [3.63, 3.8) is 0 Å². The van der Waals surface area contributed by atoms with Crippen molar-refractivity contribution in [1.29, 1.82) is 0 Å².